The molecule has 1 unspecified atom stereocenters. The highest BCUT2D eigenvalue weighted by molar-refractivity contribution is 6.00. The van der Waals surface area contributed by atoms with Gasteiger partial charge in [-0.15, -0.1) is 0 Å². The Bertz CT molecular complexity index is 1410. The van der Waals surface area contributed by atoms with Gasteiger partial charge in [-0.2, -0.15) is 0 Å². The molecule has 7 nitrogen and oxygen atoms in total. The number of carbonyl (C=O) groups excluding carboxylic acids is 1. The zero-order valence-corrected chi connectivity index (χ0v) is 20.6. The molecule has 0 saturated heterocycles. The van der Waals surface area contributed by atoms with Crippen LogP contribution < -0.4 is 5.32 Å². The average Bonchev–Trinajstić information content (AvgIpc) is 3.63. The van der Waals surface area contributed by atoms with Crippen molar-refractivity contribution in [2.45, 2.75) is 45.7 Å². The van der Waals surface area contributed by atoms with E-state index in [1.165, 1.54) is 0 Å². The minimum absolute atomic E-state index is 0.00193. The molecule has 3 aromatic heterocycles. The second-order valence-electron chi connectivity index (χ2n) is 9.49. The number of hydrogen-bond donors (Lipinski definition) is 1. The fourth-order valence-electron chi connectivity index (χ4n) is 4.35. The summed E-state index contributed by atoms with van der Waals surface area (Å²) in [4.78, 5) is 27.8. The minimum Gasteiger partial charge on any atom is -0.436 e. The zero-order valence-electron chi connectivity index (χ0n) is 20.6. The normalized spacial score (nSPS) is 15.6. The molecule has 1 atom stereocenters. The Labute approximate surface area is 203 Å². The van der Waals surface area contributed by atoms with Gasteiger partial charge in [0, 0.05) is 41.3 Å². The van der Waals surface area contributed by atoms with E-state index >= 15 is 4.39 Å². The Morgan fingerprint density at radius 3 is 2.71 bits per heavy atom. The number of anilines is 1. The maximum Gasteiger partial charge on any atom is 0.229 e. The van der Waals surface area contributed by atoms with Crippen LogP contribution in [0.5, 0.6) is 0 Å². The van der Waals surface area contributed by atoms with Crippen LogP contribution in [-0.2, 0) is 10.5 Å². The van der Waals surface area contributed by atoms with Crippen molar-refractivity contribution < 1.29 is 13.6 Å². The summed E-state index contributed by atoms with van der Waals surface area (Å²) in [5.41, 5.74) is 1.80. The molecule has 0 radical (unpaired) electrons. The lowest BCUT2D eigenvalue weighted by atomic mass is 9.92. The van der Waals surface area contributed by atoms with Crippen molar-refractivity contribution in [2.24, 2.45) is 5.92 Å². The SMILES string of the molecule is CCN(C)CC(F)(CC)c1ccc2oc(-c3cnc(C)c4cnc(NC(=O)C5CC5)cc34)nc2c1. The Kier molecular flexibility index (Phi) is 6.01. The fraction of sp³-hybridized carbons (Fsp3) is 0.407. The standard InChI is InChI=1S/C27H30FN5O2/c1-5-27(28,15-33(4)6-2)18-9-10-23-22(11-18)31-26(35-23)21-14-29-16(3)20-13-30-24(12-19(20)21)32-25(34)17-7-8-17/h9-14,17H,5-8,15H2,1-4H3,(H,30,32,34). The van der Waals surface area contributed by atoms with Crippen LogP contribution >= 0.6 is 0 Å². The third-order valence-corrected chi connectivity index (χ3v) is 6.93. The van der Waals surface area contributed by atoms with Gasteiger partial charge in [0.1, 0.15) is 17.0 Å². The molecule has 1 aliphatic carbocycles. The predicted molar refractivity (Wildman–Crippen MR) is 135 cm³/mol. The van der Waals surface area contributed by atoms with E-state index in [0.29, 0.717) is 46.9 Å². The van der Waals surface area contributed by atoms with Crippen LogP contribution in [0.4, 0.5) is 10.2 Å². The topological polar surface area (TPSA) is 84.2 Å². The van der Waals surface area contributed by atoms with E-state index < -0.39 is 5.67 Å². The molecule has 3 heterocycles. The van der Waals surface area contributed by atoms with E-state index in [1.54, 1.807) is 30.6 Å². The zero-order chi connectivity index (χ0) is 24.7. The summed E-state index contributed by atoms with van der Waals surface area (Å²) >= 11 is 0. The smallest absolute Gasteiger partial charge is 0.229 e. The monoisotopic (exact) mass is 475 g/mol. The Hall–Kier alpha value is -3.39. The van der Waals surface area contributed by atoms with Crippen molar-refractivity contribution in [3.63, 3.8) is 0 Å². The molecule has 1 aliphatic rings. The van der Waals surface area contributed by atoms with Crippen LogP contribution in [0.1, 0.15) is 44.4 Å². The van der Waals surface area contributed by atoms with E-state index in [0.717, 1.165) is 35.9 Å². The molecular weight excluding hydrogens is 445 g/mol. The van der Waals surface area contributed by atoms with E-state index in [2.05, 4.69) is 15.3 Å². The van der Waals surface area contributed by atoms with Crippen molar-refractivity contribution in [1.29, 1.82) is 0 Å². The van der Waals surface area contributed by atoms with Gasteiger partial charge in [-0.1, -0.05) is 19.9 Å². The van der Waals surface area contributed by atoms with Gasteiger partial charge in [-0.25, -0.2) is 14.4 Å². The predicted octanol–water partition coefficient (Wildman–Crippen LogP) is 5.62. The van der Waals surface area contributed by atoms with Gasteiger partial charge in [0.25, 0.3) is 0 Å². The van der Waals surface area contributed by atoms with Crippen molar-refractivity contribution in [3.8, 4) is 11.5 Å². The number of hydrogen-bond acceptors (Lipinski definition) is 6. The maximum absolute atomic E-state index is 15.9. The van der Waals surface area contributed by atoms with Crippen LogP contribution in [-0.4, -0.2) is 45.9 Å². The number of pyridine rings is 2. The van der Waals surface area contributed by atoms with Crippen LogP contribution in [0.25, 0.3) is 33.3 Å². The molecule has 4 aromatic rings. The molecule has 1 amide bonds. The Morgan fingerprint density at radius 2 is 2.00 bits per heavy atom. The molecule has 0 aliphatic heterocycles. The average molecular weight is 476 g/mol. The molecule has 1 aromatic carbocycles. The number of fused-ring (bicyclic) bond motifs is 2. The highest BCUT2D eigenvalue weighted by Crippen LogP contribution is 2.36. The highest BCUT2D eigenvalue weighted by atomic mass is 19.1. The Morgan fingerprint density at radius 1 is 1.20 bits per heavy atom. The number of alkyl halides is 1. The molecule has 0 spiro atoms. The van der Waals surface area contributed by atoms with Gasteiger partial charge in [-0.05, 0) is 63.5 Å². The fourth-order valence-corrected chi connectivity index (χ4v) is 4.35. The number of aryl methyl sites for hydroxylation is 1. The molecule has 35 heavy (non-hydrogen) atoms. The van der Waals surface area contributed by atoms with E-state index in [4.69, 9.17) is 9.40 Å². The van der Waals surface area contributed by atoms with E-state index in [1.807, 2.05) is 38.8 Å². The number of amides is 1. The summed E-state index contributed by atoms with van der Waals surface area (Å²) in [7, 11) is 1.92. The van der Waals surface area contributed by atoms with E-state index in [-0.39, 0.29) is 11.8 Å². The van der Waals surface area contributed by atoms with Gasteiger partial charge < -0.3 is 14.6 Å². The third-order valence-electron chi connectivity index (χ3n) is 6.93. The number of rotatable bonds is 8. The molecule has 182 valence electrons. The van der Waals surface area contributed by atoms with Gasteiger partial charge in [-0.3, -0.25) is 9.78 Å². The first-order chi connectivity index (χ1) is 16.8. The first-order valence-corrected chi connectivity index (χ1v) is 12.2. The van der Waals surface area contributed by atoms with E-state index in [9.17, 15) is 4.79 Å². The molecule has 1 fully saturated rings. The molecule has 5 rings (SSSR count). The maximum atomic E-state index is 15.9. The van der Waals surface area contributed by atoms with Crippen molar-refractivity contribution in [1.82, 2.24) is 19.9 Å². The summed E-state index contributed by atoms with van der Waals surface area (Å²) < 4.78 is 21.9. The second kappa shape index (κ2) is 9.00. The lowest BCUT2D eigenvalue weighted by Crippen LogP contribution is -2.35. The van der Waals surface area contributed by atoms with Crippen LogP contribution in [0, 0.1) is 12.8 Å². The molecule has 1 saturated carbocycles. The minimum atomic E-state index is -1.48. The Balaban J connectivity index is 1.55. The first-order valence-electron chi connectivity index (χ1n) is 12.2. The first kappa shape index (κ1) is 23.4. The molecule has 1 N–H and O–H groups in total. The van der Waals surface area contributed by atoms with Crippen molar-refractivity contribution in [3.05, 3.63) is 47.9 Å². The molecule has 0 bridgehead atoms. The summed E-state index contributed by atoms with van der Waals surface area (Å²) in [6.45, 7) is 6.87. The largest absolute Gasteiger partial charge is 0.436 e. The summed E-state index contributed by atoms with van der Waals surface area (Å²) in [5, 5.41) is 4.59. The van der Waals surface area contributed by atoms with Gasteiger partial charge >= 0.3 is 0 Å². The lowest BCUT2D eigenvalue weighted by molar-refractivity contribution is -0.117. The van der Waals surface area contributed by atoms with Gasteiger partial charge in [0.05, 0.1) is 5.56 Å². The van der Waals surface area contributed by atoms with Crippen molar-refractivity contribution in [2.75, 3.05) is 25.5 Å². The summed E-state index contributed by atoms with van der Waals surface area (Å²) in [5.74, 6) is 0.968. The van der Waals surface area contributed by atoms with Gasteiger partial charge in [0.15, 0.2) is 5.58 Å². The lowest BCUT2D eigenvalue weighted by Gasteiger charge is -2.29. The summed E-state index contributed by atoms with van der Waals surface area (Å²) in [6, 6.07) is 7.18. The number of nitrogens with one attached hydrogen (secondary N) is 1. The summed E-state index contributed by atoms with van der Waals surface area (Å²) in [6.07, 6.45) is 5.64. The molecule has 8 heteroatoms. The number of halogens is 1. The third kappa shape index (κ3) is 4.50. The number of likely N-dealkylation sites (N-methyl/N-ethyl adjacent to an activating group) is 1. The number of nitrogens with zero attached hydrogens (tertiary/aromatic N) is 4. The molecular formula is C27H30FN5O2. The highest BCUT2D eigenvalue weighted by Gasteiger charge is 2.32. The quantitative estimate of drug-likeness (QED) is 0.356. The van der Waals surface area contributed by atoms with Crippen molar-refractivity contribution >= 4 is 33.6 Å². The number of carbonyl (C=O) groups is 1. The number of benzene rings is 1. The number of aromatic nitrogens is 3. The number of oxazole rings is 1. The van der Waals surface area contributed by atoms with Crippen LogP contribution in [0.15, 0.2) is 41.1 Å². The second-order valence-corrected chi connectivity index (χ2v) is 9.49. The van der Waals surface area contributed by atoms with Crippen LogP contribution in [0.3, 0.4) is 0 Å². The van der Waals surface area contributed by atoms with Crippen LogP contribution in [0.2, 0.25) is 0 Å². The van der Waals surface area contributed by atoms with Gasteiger partial charge in [0.2, 0.25) is 11.8 Å².